The molecule has 8 aromatic rings. The summed E-state index contributed by atoms with van der Waals surface area (Å²) in [5, 5.41) is 5.35. The first-order chi connectivity index (χ1) is 24.6. The monoisotopic (exact) mass is 682 g/mol. The van der Waals surface area contributed by atoms with Gasteiger partial charge in [0, 0.05) is 44.9 Å². The lowest BCUT2D eigenvalue weighted by molar-refractivity contribution is 0.269. The van der Waals surface area contributed by atoms with E-state index in [4.69, 9.17) is 4.43 Å². The van der Waals surface area contributed by atoms with Crippen LogP contribution in [0.5, 0.6) is 0 Å². The Morgan fingerprint density at radius 1 is 0.549 bits per heavy atom. The summed E-state index contributed by atoms with van der Waals surface area (Å²) in [4.78, 5) is 0. The molecule has 0 saturated carbocycles. The summed E-state index contributed by atoms with van der Waals surface area (Å²) in [6.07, 6.45) is 2.01. The van der Waals surface area contributed by atoms with E-state index in [1.165, 1.54) is 77.2 Å². The number of rotatable bonds is 7. The van der Waals surface area contributed by atoms with Crippen molar-refractivity contribution in [3.8, 4) is 22.5 Å². The summed E-state index contributed by atoms with van der Waals surface area (Å²) < 4.78 is 11.7. The van der Waals surface area contributed by atoms with Crippen molar-refractivity contribution < 1.29 is 4.43 Å². The van der Waals surface area contributed by atoms with Gasteiger partial charge < -0.3 is 13.6 Å². The van der Waals surface area contributed by atoms with Crippen LogP contribution in [0.15, 0.2) is 133 Å². The van der Waals surface area contributed by atoms with Crippen molar-refractivity contribution in [2.75, 3.05) is 6.61 Å². The van der Waals surface area contributed by atoms with Crippen molar-refractivity contribution in [1.29, 1.82) is 0 Å². The number of benzene rings is 6. The van der Waals surface area contributed by atoms with E-state index >= 15 is 0 Å². The van der Waals surface area contributed by atoms with Crippen LogP contribution in [0, 0.1) is 0 Å². The third-order valence-electron chi connectivity index (χ3n) is 12.3. The molecule has 0 unspecified atom stereocenters. The van der Waals surface area contributed by atoms with E-state index in [1.807, 2.05) is 0 Å². The smallest absolute Gasteiger partial charge is 0.191 e. The number of aromatic nitrogens is 2. The van der Waals surface area contributed by atoms with Gasteiger partial charge in [0.1, 0.15) is 0 Å². The summed E-state index contributed by atoms with van der Waals surface area (Å²) in [5.74, 6) is 0. The molecule has 1 aliphatic carbocycles. The van der Waals surface area contributed by atoms with Crippen LogP contribution in [0.1, 0.15) is 51.7 Å². The zero-order chi connectivity index (χ0) is 35.1. The molecule has 0 radical (unpaired) electrons. The molecule has 1 aliphatic rings. The molecule has 0 spiro atoms. The number of para-hydroxylation sites is 4. The lowest BCUT2D eigenvalue weighted by Crippen LogP contribution is -2.41. The van der Waals surface area contributed by atoms with E-state index < -0.39 is 8.32 Å². The number of hydrogen-bond acceptors (Lipinski definition) is 1. The molecule has 4 heteroatoms. The molecule has 0 saturated heterocycles. The van der Waals surface area contributed by atoms with Gasteiger partial charge >= 0.3 is 0 Å². The van der Waals surface area contributed by atoms with Gasteiger partial charge in [-0.1, -0.05) is 113 Å². The molecule has 51 heavy (non-hydrogen) atoms. The third-order valence-corrected chi connectivity index (χ3v) is 16.8. The quantitative estimate of drug-likeness (QED) is 0.121. The van der Waals surface area contributed by atoms with Crippen molar-refractivity contribution in [2.45, 2.75) is 64.1 Å². The lowest BCUT2D eigenvalue weighted by Gasteiger charge is -2.36. The summed E-state index contributed by atoms with van der Waals surface area (Å²) in [6, 6.07) is 49.6. The SMILES string of the molecule is CC1(CCCO[Si](C)(C)C(C)(C)C)c2cc(-n3c4ccccc4c4ccccc43)ccc2-c2ccc(-n3c4ccccc4c4ccccc43)cc21. The highest BCUT2D eigenvalue weighted by molar-refractivity contribution is 6.74. The molecule has 0 aliphatic heterocycles. The minimum atomic E-state index is -1.85. The Balaban J connectivity index is 1.20. The second-order valence-corrected chi connectivity index (χ2v) is 21.1. The largest absolute Gasteiger partial charge is 0.417 e. The molecule has 9 rings (SSSR count). The maximum absolute atomic E-state index is 6.76. The average Bonchev–Trinajstić information content (AvgIpc) is 3.73. The predicted octanol–water partition coefficient (Wildman–Crippen LogP) is 13.0. The van der Waals surface area contributed by atoms with Crippen molar-refractivity contribution in [3.63, 3.8) is 0 Å². The highest BCUT2D eigenvalue weighted by Crippen LogP contribution is 2.53. The molecule has 2 heterocycles. The third kappa shape index (κ3) is 4.87. The average molecular weight is 683 g/mol. The van der Waals surface area contributed by atoms with Crippen molar-refractivity contribution in [1.82, 2.24) is 9.13 Å². The highest BCUT2D eigenvalue weighted by atomic mass is 28.4. The number of fused-ring (bicyclic) bond motifs is 9. The van der Waals surface area contributed by atoms with Gasteiger partial charge in [-0.3, -0.25) is 0 Å². The Hall–Kier alpha value is -4.90. The fraction of sp³-hybridized carbons (Fsp3) is 0.234. The van der Waals surface area contributed by atoms with E-state index in [1.54, 1.807) is 0 Å². The van der Waals surface area contributed by atoms with Crippen LogP contribution in [0.2, 0.25) is 18.1 Å². The van der Waals surface area contributed by atoms with Gasteiger partial charge in [-0.2, -0.15) is 0 Å². The van der Waals surface area contributed by atoms with Gasteiger partial charge in [0.15, 0.2) is 8.32 Å². The molecular weight excluding hydrogens is 637 g/mol. The lowest BCUT2D eigenvalue weighted by atomic mass is 9.76. The van der Waals surface area contributed by atoms with Gasteiger partial charge in [-0.15, -0.1) is 0 Å². The maximum atomic E-state index is 6.76. The van der Waals surface area contributed by atoms with Gasteiger partial charge in [0.2, 0.25) is 0 Å². The molecule has 254 valence electrons. The Labute approximate surface area is 302 Å². The molecule has 3 nitrogen and oxygen atoms in total. The molecule has 0 atom stereocenters. The topological polar surface area (TPSA) is 19.1 Å². The van der Waals surface area contributed by atoms with Gasteiger partial charge in [-0.25, -0.2) is 0 Å². The first-order valence-corrected chi connectivity index (χ1v) is 21.4. The second-order valence-electron chi connectivity index (χ2n) is 16.2. The first-order valence-electron chi connectivity index (χ1n) is 18.5. The second kappa shape index (κ2) is 11.6. The molecule has 0 N–H and O–H groups in total. The number of nitrogens with zero attached hydrogens (tertiary/aromatic N) is 2. The van der Waals surface area contributed by atoms with Crippen LogP contribution in [0.4, 0.5) is 0 Å². The Morgan fingerprint density at radius 3 is 1.29 bits per heavy atom. The standard InChI is InChI=1S/C47H46N2OSi/c1-46(2,3)51(5,6)50-29-15-28-47(4)40-30-32(48-42-20-11-7-16-36(42)37-17-8-12-21-43(37)48)24-26-34(40)35-27-25-33(31-41(35)47)49-44-22-13-9-18-38(44)39-19-10-14-23-45(39)49/h7-14,16-27,30-31H,15,28-29H2,1-6H3. The van der Waals surface area contributed by atoms with Gasteiger partial charge in [0.25, 0.3) is 0 Å². The summed E-state index contributed by atoms with van der Waals surface area (Å²) >= 11 is 0. The Kier molecular flexibility index (Phi) is 7.26. The van der Waals surface area contributed by atoms with Gasteiger partial charge in [-0.05, 0) is 102 Å². The minimum absolute atomic E-state index is 0.189. The fourth-order valence-electron chi connectivity index (χ4n) is 8.51. The zero-order valence-electron chi connectivity index (χ0n) is 30.6. The molecule has 0 bridgehead atoms. The van der Waals surface area contributed by atoms with Crippen molar-refractivity contribution in [3.05, 3.63) is 145 Å². The molecule has 6 aromatic carbocycles. The zero-order valence-corrected chi connectivity index (χ0v) is 31.6. The van der Waals surface area contributed by atoms with E-state index in [-0.39, 0.29) is 10.5 Å². The Bertz CT molecular complexity index is 2360. The van der Waals surface area contributed by atoms with E-state index in [0.717, 1.165) is 19.4 Å². The van der Waals surface area contributed by atoms with Gasteiger partial charge in [0.05, 0.1) is 22.1 Å². The van der Waals surface area contributed by atoms with Crippen LogP contribution in [-0.4, -0.2) is 24.1 Å². The summed E-state index contributed by atoms with van der Waals surface area (Å²) in [5.41, 5.74) is 12.7. The number of hydrogen-bond donors (Lipinski definition) is 0. The molecule has 0 fully saturated rings. The molecular formula is C47H46N2OSi. The van der Waals surface area contributed by atoms with Crippen LogP contribution in [0.25, 0.3) is 66.1 Å². The molecule has 2 aromatic heterocycles. The van der Waals surface area contributed by atoms with E-state index in [2.05, 4.69) is 183 Å². The maximum Gasteiger partial charge on any atom is 0.191 e. The van der Waals surface area contributed by atoms with Crippen molar-refractivity contribution >= 4 is 51.9 Å². The molecule has 0 amide bonds. The van der Waals surface area contributed by atoms with Crippen LogP contribution in [-0.2, 0) is 9.84 Å². The summed E-state index contributed by atoms with van der Waals surface area (Å²) in [6.45, 7) is 15.0. The Morgan fingerprint density at radius 2 is 0.922 bits per heavy atom. The fourth-order valence-corrected chi connectivity index (χ4v) is 9.60. The summed E-state index contributed by atoms with van der Waals surface area (Å²) in [7, 11) is -1.85. The predicted molar refractivity (Wildman–Crippen MR) is 219 cm³/mol. The van der Waals surface area contributed by atoms with Crippen LogP contribution < -0.4 is 0 Å². The highest BCUT2D eigenvalue weighted by Gasteiger charge is 2.41. The minimum Gasteiger partial charge on any atom is -0.417 e. The normalized spacial score (nSPS) is 14.2. The van der Waals surface area contributed by atoms with Crippen LogP contribution >= 0.6 is 0 Å². The van der Waals surface area contributed by atoms with E-state index in [0.29, 0.717) is 0 Å². The first kappa shape index (κ1) is 32.0. The van der Waals surface area contributed by atoms with Crippen LogP contribution in [0.3, 0.4) is 0 Å². The van der Waals surface area contributed by atoms with E-state index in [9.17, 15) is 0 Å². The van der Waals surface area contributed by atoms with Crippen molar-refractivity contribution in [2.24, 2.45) is 0 Å².